The number of hydrogen-bond donors (Lipinski definition) is 0. The number of hydrogen-bond acceptors (Lipinski definition) is 2. The molecule has 0 radical (unpaired) electrons. The van der Waals surface area contributed by atoms with Crippen LogP contribution in [0.25, 0.3) is 0 Å². The molecule has 5 heteroatoms. The first-order valence-corrected chi connectivity index (χ1v) is 5.47. The van der Waals surface area contributed by atoms with Crippen LogP contribution in [0.4, 0.5) is 13.2 Å². The predicted octanol–water partition coefficient (Wildman–Crippen LogP) is 1.72. The molecule has 2 unspecified atom stereocenters. The lowest BCUT2D eigenvalue weighted by atomic mass is 10.2. The van der Waals surface area contributed by atoms with Crippen LogP contribution in [0.1, 0.15) is 19.3 Å². The fourth-order valence-electron chi connectivity index (χ4n) is 2.82. The summed E-state index contributed by atoms with van der Waals surface area (Å²) in [4.78, 5) is 4.29. The Morgan fingerprint density at radius 2 is 1.67 bits per heavy atom. The van der Waals surface area contributed by atoms with Crippen LogP contribution in [-0.4, -0.2) is 54.7 Å². The molecule has 2 atom stereocenters. The second-order valence-corrected chi connectivity index (χ2v) is 4.71. The third-order valence-electron chi connectivity index (χ3n) is 3.47. The number of likely N-dealkylation sites (tertiary alicyclic amines) is 1. The maximum Gasteiger partial charge on any atom is 0.390 e. The number of halogens is 3. The van der Waals surface area contributed by atoms with Crippen molar-refractivity contribution in [3.63, 3.8) is 0 Å². The molecule has 2 aliphatic heterocycles. The third kappa shape index (κ3) is 2.64. The van der Waals surface area contributed by atoms with Gasteiger partial charge < -0.3 is 4.90 Å². The number of piperazine rings is 1. The highest BCUT2D eigenvalue weighted by atomic mass is 19.4. The first-order valence-electron chi connectivity index (χ1n) is 5.47. The predicted molar refractivity (Wildman–Crippen MR) is 51.7 cm³/mol. The Labute approximate surface area is 88.0 Å². The molecule has 2 bridgehead atoms. The molecule has 2 saturated heterocycles. The van der Waals surface area contributed by atoms with E-state index in [9.17, 15) is 13.2 Å². The van der Waals surface area contributed by atoms with Gasteiger partial charge in [-0.2, -0.15) is 13.2 Å². The highest BCUT2D eigenvalue weighted by molar-refractivity contribution is 4.94. The zero-order chi connectivity index (χ0) is 11.1. The Morgan fingerprint density at radius 1 is 1.13 bits per heavy atom. The Morgan fingerprint density at radius 3 is 2.13 bits per heavy atom. The quantitative estimate of drug-likeness (QED) is 0.702. The molecule has 0 spiro atoms. The van der Waals surface area contributed by atoms with Crippen LogP contribution in [0.5, 0.6) is 0 Å². The van der Waals surface area contributed by atoms with Crippen molar-refractivity contribution in [1.29, 1.82) is 0 Å². The maximum atomic E-state index is 12.1. The van der Waals surface area contributed by atoms with Gasteiger partial charge in [-0.05, 0) is 19.9 Å². The summed E-state index contributed by atoms with van der Waals surface area (Å²) in [6.07, 6.45) is -2.55. The Hall–Kier alpha value is -0.290. The summed E-state index contributed by atoms with van der Waals surface area (Å²) in [5.74, 6) is 0. The largest absolute Gasteiger partial charge is 0.390 e. The summed E-state index contributed by atoms with van der Waals surface area (Å²) in [5, 5.41) is 0. The molecule has 0 aromatic heterocycles. The summed E-state index contributed by atoms with van der Waals surface area (Å²) < 4.78 is 36.4. The van der Waals surface area contributed by atoms with Crippen LogP contribution in [0, 0.1) is 0 Å². The standard InChI is InChI=1S/C10H17F3N2/c1-14-6-8-2-3-9(7-14)15(8)5-4-10(11,12)13/h8-9H,2-7H2,1H3. The third-order valence-corrected chi connectivity index (χ3v) is 3.47. The first kappa shape index (κ1) is 11.2. The van der Waals surface area contributed by atoms with E-state index in [0.717, 1.165) is 25.9 Å². The molecule has 0 aromatic carbocycles. The van der Waals surface area contributed by atoms with Crippen LogP contribution in [-0.2, 0) is 0 Å². The molecule has 0 aliphatic carbocycles. The zero-order valence-corrected chi connectivity index (χ0v) is 8.93. The topological polar surface area (TPSA) is 6.48 Å². The van der Waals surface area contributed by atoms with Crippen molar-refractivity contribution in [3.05, 3.63) is 0 Å². The smallest absolute Gasteiger partial charge is 0.303 e. The summed E-state index contributed by atoms with van der Waals surface area (Å²) in [5.41, 5.74) is 0. The van der Waals surface area contributed by atoms with E-state index in [4.69, 9.17) is 0 Å². The highest BCUT2D eigenvalue weighted by Crippen LogP contribution is 2.31. The summed E-state index contributed by atoms with van der Waals surface area (Å²) in [7, 11) is 2.05. The van der Waals surface area contributed by atoms with Gasteiger partial charge in [-0.3, -0.25) is 4.90 Å². The molecule has 2 rings (SSSR count). The molecule has 0 aromatic rings. The Bertz CT molecular complexity index is 215. The fourth-order valence-corrected chi connectivity index (χ4v) is 2.82. The Balaban J connectivity index is 1.89. The molecule has 15 heavy (non-hydrogen) atoms. The molecule has 0 saturated carbocycles. The fraction of sp³-hybridized carbons (Fsp3) is 1.00. The second-order valence-electron chi connectivity index (χ2n) is 4.71. The molecular weight excluding hydrogens is 205 g/mol. The minimum atomic E-state index is -4.01. The molecule has 2 nitrogen and oxygen atoms in total. The lowest BCUT2D eigenvalue weighted by Gasteiger charge is -2.39. The molecule has 2 heterocycles. The number of alkyl halides is 3. The number of likely N-dealkylation sites (N-methyl/N-ethyl adjacent to an activating group) is 1. The van der Waals surface area contributed by atoms with Crippen molar-refractivity contribution < 1.29 is 13.2 Å². The van der Waals surface area contributed by atoms with E-state index in [2.05, 4.69) is 9.80 Å². The SMILES string of the molecule is CN1CC2CCC(C1)N2CCC(F)(F)F. The molecule has 2 aliphatic rings. The summed E-state index contributed by atoms with van der Waals surface area (Å²) >= 11 is 0. The van der Waals surface area contributed by atoms with Gasteiger partial charge >= 0.3 is 6.18 Å². The van der Waals surface area contributed by atoms with E-state index in [1.165, 1.54) is 0 Å². The van der Waals surface area contributed by atoms with E-state index < -0.39 is 12.6 Å². The van der Waals surface area contributed by atoms with Crippen LogP contribution in [0.3, 0.4) is 0 Å². The first-order chi connectivity index (χ1) is 6.96. The molecule has 2 fully saturated rings. The molecule has 0 amide bonds. The zero-order valence-electron chi connectivity index (χ0n) is 8.93. The van der Waals surface area contributed by atoms with Gasteiger partial charge in [0.1, 0.15) is 0 Å². The van der Waals surface area contributed by atoms with E-state index in [1.54, 1.807) is 0 Å². The molecule has 88 valence electrons. The van der Waals surface area contributed by atoms with Gasteiger partial charge in [-0.15, -0.1) is 0 Å². The van der Waals surface area contributed by atoms with E-state index >= 15 is 0 Å². The van der Waals surface area contributed by atoms with Gasteiger partial charge in [0.15, 0.2) is 0 Å². The van der Waals surface area contributed by atoms with Crippen molar-refractivity contribution in [2.75, 3.05) is 26.7 Å². The lowest BCUT2D eigenvalue weighted by molar-refractivity contribution is -0.140. The highest BCUT2D eigenvalue weighted by Gasteiger charge is 2.40. The average molecular weight is 222 g/mol. The monoisotopic (exact) mass is 222 g/mol. The number of fused-ring (bicyclic) bond motifs is 2. The van der Waals surface area contributed by atoms with Crippen molar-refractivity contribution in [1.82, 2.24) is 9.80 Å². The average Bonchev–Trinajstić information content (AvgIpc) is 2.33. The normalized spacial score (nSPS) is 33.6. The van der Waals surface area contributed by atoms with Crippen molar-refractivity contribution in [3.8, 4) is 0 Å². The van der Waals surface area contributed by atoms with Gasteiger partial charge in [0.25, 0.3) is 0 Å². The number of rotatable bonds is 2. The van der Waals surface area contributed by atoms with Gasteiger partial charge in [0, 0.05) is 31.7 Å². The second kappa shape index (κ2) is 3.94. The summed E-state index contributed by atoms with van der Waals surface area (Å²) in [6, 6.07) is 0.715. The minimum Gasteiger partial charge on any atom is -0.303 e. The summed E-state index contributed by atoms with van der Waals surface area (Å²) in [6.45, 7) is 2.04. The van der Waals surface area contributed by atoms with Crippen LogP contribution in [0.15, 0.2) is 0 Å². The van der Waals surface area contributed by atoms with Crippen LogP contribution < -0.4 is 0 Å². The van der Waals surface area contributed by atoms with E-state index in [1.807, 2.05) is 7.05 Å². The number of nitrogens with zero attached hydrogens (tertiary/aromatic N) is 2. The van der Waals surface area contributed by atoms with E-state index in [0.29, 0.717) is 12.1 Å². The van der Waals surface area contributed by atoms with Crippen molar-refractivity contribution in [2.45, 2.75) is 37.5 Å². The van der Waals surface area contributed by atoms with Crippen molar-refractivity contribution >= 4 is 0 Å². The van der Waals surface area contributed by atoms with Gasteiger partial charge in [0.2, 0.25) is 0 Å². The maximum absolute atomic E-state index is 12.1. The van der Waals surface area contributed by atoms with Crippen LogP contribution >= 0.6 is 0 Å². The molecule has 0 N–H and O–H groups in total. The minimum absolute atomic E-state index is 0.187. The van der Waals surface area contributed by atoms with Gasteiger partial charge in [-0.25, -0.2) is 0 Å². The van der Waals surface area contributed by atoms with E-state index in [-0.39, 0.29) is 6.54 Å². The lowest BCUT2D eigenvalue weighted by Crippen LogP contribution is -2.52. The Kier molecular flexibility index (Phi) is 2.94. The van der Waals surface area contributed by atoms with Crippen molar-refractivity contribution in [2.24, 2.45) is 0 Å². The van der Waals surface area contributed by atoms with Gasteiger partial charge in [-0.1, -0.05) is 0 Å². The van der Waals surface area contributed by atoms with Gasteiger partial charge in [0.05, 0.1) is 6.42 Å². The molecular formula is C10H17F3N2. The van der Waals surface area contributed by atoms with Crippen LogP contribution in [0.2, 0.25) is 0 Å².